The van der Waals surface area contributed by atoms with Gasteiger partial charge in [0.1, 0.15) is 12.4 Å². The summed E-state index contributed by atoms with van der Waals surface area (Å²) in [5, 5.41) is 5.11. The lowest BCUT2D eigenvalue weighted by atomic mass is 10.1. The molecular formula is C28H25Br3IN3O3. The summed E-state index contributed by atoms with van der Waals surface area (Å²) in [6.45, 7) is 6.91. The first-order chi connectivity index (χ1) is 18.2. The first-order valence-corrected chi connectivity index (χ1v) is 15.5. The van der Waals surface area contributed by atoms with E-state index in [0.29, 0.717) is 41.4 Å². The van der Waals surface area contributed by atoms with Crippen LogP contribution in [0.1, 0.15) is 50.1 Å². The topological polar surface area (TPSA) is 65.7 Å². The molecule has 6 nitrogen and oxygen atoms in total. The van der Waals surface area contributed by atoms with Crippen molar-refractivity contribution in [1.29, 1.82) is 0 Å². The van der Waals surface area contributed by atoms with Gasteiger partial charge < -0.3 is 9.47 Å². The first kappa shape index (κ1) is 29.2. The van der Waals surface area contributed by atoms with Gasteiger partial charge in [-0.25, -0.2) is 4.98 Å². The van der Waals surface area contributed by atoms with Crippen LogP contribution in [0.25, 0.3) is 10.9 Å². The molecule has 0 N–H and O–H groups in total. The summed E-state index contributed by atoms with van der Waals surface area (Å²) in [5.74, 6) is 1.96. The van der Waals surface area contributed by atoms with Crippen LogP contribution in [0.4, 0.5) is 0 Å². The molecule has 0 amide bonds. The molecule has 0 saturated carbocycles. The minimum Gasteiger partial charge on any atom is -0.490 e. The third kappa shape index (κ3) is 6.68. The van der Waals surface area contributed by atoms with Gasteiger partial charge in [-0.15, -0.1) is 0 Å². The molecule has 0 unspecified atom stereocenters. The number of rotatable bonds is 9. The van der Waals surface area contributed by atoms with Crippen LogP contribution in [-0.2, 0) is 6.61 Å². The highest BCUT2D eigenvalue weighted by Gasteiger charge is 2.17. The van der Waals surface area contributed by atoms with E-state index in [0.717, 1.165) is 34.5 Å². The van der Waals surface area contributed by atoms with Gasteiger partial charge in [-0.3, -0.25) is 4.79 Å². The van der Waals surface area contributed by atoms with Crippen molar-refractivity contribution in [1.82, 2.24) is 9.66 Å². The second-order valence-electron chi connectivity index (χ2n) is 8.59. The molecule has 0 aliphatic rings. The van der Waals surface area contributed by atoms with Crippen molar-refractivity contribution in [3.05, 3.63) is 92.8 Å². The van der Waals surface area contributed by atoms with Crippen LogP contribution in [0.2, 0.25) is 0 Å². The molecule has 1 atom stereocenters. The van der Waals surface area contributed by atoms with E-state index < -0.39 is 0 Å². The molecular weight excluding hydrogens is 793 g/mol. The lowest BCUT2D eigenvalue weighted by molar-refractivity contribution is 0.267. The molecule has 1 heterocycles. The van der Waals surface area contributed by atoms with E-state index in [-0.39, 0.29) is 11.5 Å². The summed E-state index contributed by atoms with van der Waals surface area (Å²) in [6, 6.07) is 15.3. The van der Waals surface area contributed by atoms with Crippen molar-refractivity contribution in [3.63, 3.8) is 0 Å². The number of aromatic nitrogens is 2. The van der Waals surface area contributed by atoms with E-state index in [1.807, 2.05) is 56.3 Å². The Morgan fingerprint density at radius 3 is 2.50 bits per heavy atom. The van der Waals surface area contributed by atoms with Gasteiger partial charge >= 0.3 is 0 Å². The lowest BCUT2D eigenvalue weighted by Gasteiger charge is -2.16. The Labute approximate surface area is 260 Å². The molecule has 4 aromatic rings. The van der Waals surface area contributed by atoms with Crippen molar-refractivity contribution in [3.8, 4) is 11.5 Å². The van der Waals surface area contributed by atoms with E-state index in [2.05, 4.69) is 82.4 Å². The standard InChI is InChI=1S/C28H25Br3IN3O3/c1-4-16(3)27-34-24-9-8-19(29)12-21(24)28(36)35(27)33-14-17-10-23(32)26(25(11-17)37-5-2)38-15-18-6-7-20(30)13-22(18)31/h6-14,16H,4-5,15H2,1-3H3/t16-/m0/s1. The first-order valence-electron chi connectivity index (χ1n) is 12.0. The van der Waals surface area contributed by atoms with Crippen LogP contribution in [0.3, 0.4) is 0 Å². The van der Waals surface area contributed by atoms with Gasteiger partial charge in [-0.2, -0.15) is 9.78 Å². The predicted molar refractivity (Wildman–Crippen MR) is 172 cm³/mol. The Morgan fingerprint density at radius 1 is 1.05 bits per heavy atom. The highest BCUT2D eigenvalue weighted by molar-refractivity contribution is 14.1. The molecule has 38 heavy (non-hydrogen) atoms. The zero-order valence-electron chi connectivity index (χ0n) is 21.0. The van der Waals surface area contributed by atoms with Gasteiger partial charge in [0.15, 0.2) is 11.5 Å². The van der Waals surface area contributed by atoms with Gasteiger partial charge in [-0.1, -0.05) is 67.7 Å². The Hall–Kier alpha value is -1.76. The number of halogens is 4. The molecule has 3 aromatic carbocycles. The van der Waals surface area contributed by atoms with Crippen molar-refractivity contribution in [2.45, 2.75) is 39.7 Å². The fourth-order valence-corrected chi connectivity index (χ4v) is 6.06. The molecule has 0 aliphatic heterocycles. The van der Waals surface area contributed by atoms with Gasteiger partial charge in [-0.05, 0) is 84.0 Å². The number of hydrogen-bond donors (Lipinski definition) is 0. The second kappa shape index (κ2) is 13.1. The number of hydrogen-bond acceptors (Lipinski definition) is 5. The van der Waals surface area contributed by atoms with Crippen molar-refractivity contribution >= 4 is 87.5 Å². The summed E-state index contributed by atoms with van der Waals surface area (Å²) in [6.07, 6.45) is 2.50. The highest BCUT2D eigenvalue weighted by atomic mass is 127. The summed E-state index contributed by atoms with van der Waals surface area (Å²) in [4.78, 5) is 18.2. The zero-order valence-corrected chi connectivity index (χ0v) is 27.9. The van der Waals surface area contributed by atoms with Gasteiger partial charge in [0.25, 0.3) is 5.56 Å². The lowest BCUT2D eigenvalue weighted by Crippen LogP contribution is -2.23. The number of fused-ring (bicyclic) bond motifs is 1. The van der Waals surface area contributed by atoms with Gasteiger partial charge in [0.2, 0.25) is 0 Å². The smallest absolute Gasteiger partial charge is 0.282 e. The van der Waals surface area contributed by atoms with Crippen molar-refractivity contribution in [2.24, 2.45) is 5.10 Å². The van der Waals surface area contributed by atoms with Crippen LogP contribution in [0.5, 0.6) is 11.5 Å². The Morgan fingerprint density at radius 2 is 1.79 bits per heavy atom. The third-order valence-corrected chi connectivity index (χ3v) is 8.45. The van der Waals surface area contributed by atoms with Crippen LogP contribution in [0, 0.1) is 3.57 Å². The fourth-order valence-electron chi connectivity index (χ4n) is 3.76. The van der Waals surface area contributed by atoms with Crippen LogP contribution >= 0.6 is 70.4 Å². The molecule has 1 aromatic heterocycles. The SMILES string of the molecule is CCOc1cc(C=Nn2c([C@@H](C)CC)nc3ccc(Br)cc3c2=O)cc(I)c1OCc1ccc(Br)cc1Br. The maximum Gasteiger partial charge on any atom is 0.282 e. The highest BCUT2D eigenvalue weighted by Crippen LogP contribution is 2.35. The van der Waals surface area contributed by atoms with Crippen LogP contribution in [0.15, 0.2) is 71.8 Å². The average Bonchev–Trinajstić information content (AvgIpc) is 2.88. The molecule has 10 heteroatoms. The largest absolute Gasteiger partial charge is 0.490 e. The summed E-state index contributed by atoms with van der Waals surface area (Å²) in [5.41, 5.74) is 2.26. The maximum atomic E-state index is 13.4. The molecule has 0 radical (unpaired) electrons. The summed E-state index contributed by atoms with van der Waals surface area (Å²) < 4.78 is 17.2. The van der Waals surface area contributed by atoms with E-state index in [4.69, 9.17) is 14.5 Å². The van der Waals surface area contributed by atoms with E-state index in [1.165, 1.54) is 4.68 Å². The van der Waals surface area contributed by atoms with E-state index in [9.17, 15) is 4.79 Å². The average molecular weight is 818 g/mol. The molecule has 4 rings (SSSR count). The maximum absolute atomic E-state index is 13.4. The zero-order chi connectivity index (χ0) is 27.4. The minimum absolute atomic E-state index is 0.0562. The molecule has 0 bridgehead atoms. The fraction of sp³-hybridized carbons (Fsp3) is 0.250. The quantitative estimate of drug-likeness (QED) is 0.125. The van der Waals surface area contributed by atoms with Crippen molar-refractivity contribution < 1.29 is 9.47 Å². The Kier molecular flexibility index (Phi) is 10.0. The van der Waals surface area contributed by atoms with Crippen molar-refractivity contribution in [2.75, 3.05) is 6.61 Å². The predicted octanol–water partition coefficient (Wildman–Crippen LogP) is 8.66. The second-order valence-corrected chi connectivity index (χ2v) is 12.4. The van der Waals surface area contributed by atoms with Gasteiger partial charge in [0, 0.05) is 24.9 Å². The summed E-state index contributed by atoms with van der Waals surface area (Å²) >= 11 is 12.8. The normalized spacial score (nSPS) is 12.3. The number of ether oxygens (including phenoxy) is 2. The molecule has 0 saturated heterocycles. The molecule has 0 aliphatic carbocycles. The van der Waals surface area contributed by atoms with Crippen LogP contribution in [-0.4, -0.2) is 22.5 Å². The van der Waals surface area contributed by atoms with E-state index in [1.54, 1.807) is 12.3 Å². The number of nitrogens with zero attached hydrogens (tertiary/aromatic N) is 3. The van der Waals surface area contributed by atoms with E-state index >= 15 is 0 Å². The molecule has 0 spiro atoms. The third-order valence-electron chi connectivity index (χ3n) is 5.93. The number of benzene rings is 3. The Balaban J connectivity index is 1.71. The summed E-state index contributed by atoms with van der Waals surface area (Å²) in [7, 11) is 0. The van der Waals surface area contributed by atoms with Crippen LogP contribution < -0.4 is 15.0 Å². The molecule has 0 fully saturated rings. The van der Waals surface area contributed by atoms with Gasteiger partial charge in [0.05, 0.1) is 27.3 Å². The Bertz CT molecular complexity index is 1570. The molecule has 198 valence electrons. The monoisotopic (exact) mass is 815 g/mol. The minimum atomic E-state index is -0.206.